The zero-order valence-corrected chi connectivity index (χ0v) is 15.2. The first-order chi connectivity index (χ1) is 11.3. The fourth-order valence-electron chi connectivity index (χ4n) is 2.60. The van der Waals surface area contributed by atoms with Crippen molar-refractivity contribution in [2.45, 2.75) is 13.8 Å². The summed E-state index contributed by atoms with van der Waals surface area (Å²) in [7, 11) is 3.77. The Kier molecular flexibility index (Phi) is 5.80. The van der Waals surface area contributed by atoms with E-state index in [0.29, 0.717) is 10.7 Å². The van der Waals surface area contributed by atoms with Crippen molar-refractivity contribution in [1.29, 1.82) is 0 Å². The molecule has 1 heterocycles. The fraction of sp³-hybridized carbons (Fsp3) is 0.333. The molecular weight excluding hydrogens is 326 g/mol. The number of anilines is 1. The first kappa shape index (κ1) is 18.2. The van der Waals surface area contributed by atoms with Gasteiger partial charge in [-0.3, -0.25) is 9.59 Å². The second-order valence-corrected chi connectivity index (χ2v) is 6.51. The molecule has 0 saturated heterocycles. The van der Waals surface area contributed by atoms with Gasteiger partial charge in [-0.25, -0.2) is 0 Å². The van der Waals surface area contributed by atoms with Gasteiger partial charge in [0, 0.05) is 24.0 Å². The lowest BCUT2D eigenvalue weighted by Crippen LogP contribution is -3.11. The molecule has 0 saturated carbocycles. The molecule has 128 valence electrons. The summed E-state index contributed by atoms with van der Waals surface area (Å²) in [6.07, 6.45) is 0. The van der Waals surface area contributed by atoms with E-state index in [1.807, 2.05) is 44.6 Å². The van der Waals surface area contributed by atoms with Crippen molar-refractivity contribution < 1.29 is 14.5 Å². The maximum atomic E-state index is 12.4. The van der Waals surface area contributed by atoms with E-state index < -0.39 is 0 Å². The molecule has 0 radical (unpaired) electrons. The number of quaternary nitrogens is 1. The summed E-state index contributed by atoms with van der Waals surface area (Å²) in [5.74, 6) is -0.131. The lowest BCUT2D eigenvalue weighted by Gasteiger charge is -2.13. The van der Waals surface area contributed by atoms with Gasteiger partial charge < -0.3 is 14.8 Å². The van der Waals surface area contributed by atoms with Gasteiger partial charge in [-0.1, -0.05) is 23.7 Å². The Hall–Kier alpha value is -2.11. The quantitative estimate of drug-likeness (QED) is 0.780. The number of aromatic nitrogens is 1. The first-order valence-electron chi connectivity index (χ1n) is 7.81. The molecule has 2 aromatic rings. The van der Waals surface area contributed by atoms with E-state index in [0.717, 1.165) is 21.9 Å². The van der Waals surface area contributed by atoms with Crippen LogP contribution < -0.4 is 10.2 Å². The third-order valence-electron chi connectivity index (χ3n) is 4.15. The number of amides is 1. The van der Waals surface area contributed by atoms with Gasteiger partial charge in [0.1, 0.15) is 6.54 Å². The SMILES string of the molecule is Cc1cc(C(=O)C[NH+](C)CC(=O)Nc2ccccc2Cl)c(C)n1C. The molecule has 1 atom stereocenters. The molecule has 0 aliphatic heterocycles. The molecule has 2 N–H and O–H groups in total. The zero-order chi connectivity index (χ0) is 17.9. The Morgan fingerprint density at radius 2 is 1.88 bits per heavy atom. The van der Waals surface area contributed by atoms with Gasteiger partial charge in [-0.15, -0.1) is 0 Å². The topological polar surface area (TPSA) is 55.5 Å². The summed E-state index contributed by atoms with van der Waals surface area (Å²) >= 11 is 6.03. The second-order valence-electron chi connectivity index (χ2n) is 6.11. The summed E-state index contributed by atoms with van der Waals surface area (Å²) in [6.45, 7) is 4.36. The van der Waals surface area contributed by atoms with Gasteiger partial charge in [-0.2, -0.15) is 0 Å². The van der Waals surface area contributed by atoms with Crippen LogP contribution in [-0.4, -0.2) is 36.4 Å². The molecule has 1 amide bonds. The van der Waals surface area contributed by atoms with Crippen LogP contribution in [0.4, 0.5) is 5.69 Å². The lowest BCUT2D eigenvalue weighted by molar-refractivity contribution is -0.861. The standard InChI is InChI=1S/C18H22ClN3O2/c1-12-9-14(13(2)22(12)4)17(23)10-21(3)11-18(24)20-16-8-6-5-7-15(16)19/h5-9H,10-11H2,1-4H3,(H,20,24)/p+1. The van der Waals surface area contributed by atoms with E-state index in [4.69, 9.17) is 11.6 Å². The number of nitrogens with one attached hydrogen (secondary N) is 2. The molecule has 1 aromatic carbocycles. The predicted octanol–water partition coefficient (Wildman–Crippen LogP) is 1.63. The summed E-state index contributed by atoms with van der Waals surface area (Å²) in [5, 5.41) is 3.27. The van der Waals surface area contributed by atoms with Gasteiger partial charge >= 0.3 is 0 Å². The van der Waals surface area contributed by atoms with E-state index in [9.17, 15) is 9.59 Å². The molecule has 1 unspecified atom stereocenters. The highest BCUT2D eigenvalue weighted by Crippen LogP contribution is 2.19. The monoisotopic (exact) mass is 348 g/mol. The van der Waals surface area contributed by atoms with Crippen LogP contribution in [0.15, 0.2) is 30.3 Å². The van der Waals surface area contributed by atoms with E-state index in [1.165, 1.54) is 0 Å². The van der Waals surface area contributed by atoms with E-state index >= 15 is 0 Å². The molecule has 0 fully saturated rings. The Bertz CT molecular complexity index is 768. The molecule has 6 heteroatoms. The van der Waals surface area contributed by atoms with E-state index in [-0.39, 0.29) is 24.8 Å². The van der Waals surface area contributed by atoms with Crippen LogP contribution in [0.25, 0.3) is 0 Å². The number of Topliss-reactive ketones (excluding diaryl/α,β-unsaturated/α-hetero) is 1. The number of carbonyl (C=O) groups is 2. The lowest BCUT2D eigenvalue weighted by atomic mass is 10.1. The molecule has 2 rings (SSSR count). The Labute approximate surface area is 147 Å². The van der Waals surface area contributed by atoms with Crippen LogP contribution >= 0.6 is 11.6 Å². The van der Waals surface area contributed by atoms with Crippen molar-refractivity contribution in [3.05, 3.63) is 52.3 Å². The smallest absolute Gasteiger partial charge is 0.279 e. The average Bonchev–Trinajstić information content (AvgIpc) is 2.77. The molecule has 0 aliphatic rings. The normalized spacial score (nSPS) is 12.0. The van der Waals surface area contributed by atoms with Crippen LogP contribution in [0.1, 0.15) is 21.7 Å². The third kappa shape index (κ3) is 4.24. The number of nitrogens with zero attached hydrogens (tertiary/aromatic N) is 1. The molecule has 1 aromatic heterocycles. The largest absolute Gasteiger partial charge is 0.351 e. The fourth-order valence-corrected chi connectivity index (χ4v) is 2.78. The first-order valence-corrected chi connectivity index (χ1v) is 8.19. The highest BCUT2D eigenvalue weighted by molar-refractivity contribution is 6.33. The number of ketones is 1. The molecule has 0 spiro atoms. The maximum absolute atomic E-state index is 12.4. The van der Waals surface area contributed by atoms with Crippen LogP contribution in [0.2, 0.25) is 5.02 Å². The van der Waals surface area contributed by atoms with Crippen LogP contribution in [0.5, 0.6) is 0 Å². The molecule has 0 aliphatic carbocycles. The average molecular weight is 349 g/mol. The van der Waals surface area contributed by atoms with Gasteiger partial charge in [0.2, 0.25) is 5.78 Å². The number of aryl methyl sites for hydroxylation is 1. The Balaban J connectivity index is 1.94. The summed E-state index contributed by atoms with van der Waals surface area (Å²) in [4.78, 5) is 25.4. The second kappa shape index (κ2) is 7.64. The number of para-hydroxylation sites is 1. The van der Waals surface area contributed by atoms with E-state index in [2.05, 4.69) is 5.32 Å². The minimum atomic E-state index is -0.172. The number of halogens is 1. The zero-order valence-electron chi connectivity index (χ0n) is 14.4. The highest BCUT2D eigenvalue weighted by Gasteiger charge is 2.19. The Morgan fingerprint density at radius 3 is 2.46 bits per heavy atom. The number of hydrogen-bond donors (Lipinski definition) is 2. The van der Waals surface area contributed by atoms with Crippen molar-refractivity contribution >= 4 is 29.0 Å². The number of carbonyl (C=O) groups excluding carboxylic acids is 2. The van der Waals surface area contributed by atoms with E-state index in [1.54, 1.807) is 18.2 Å². The molecule has 5 nitrogen and oxygen atoms in total. The maximum Gasteiger partial charge on any atom is 0.279 e. The van der Waals surface area contributed by atoms with Crippen LogP contribution in [0, 0.1) is 13.8 Å². The minimum absolute atomic E-state index is 0.0410. The number of likely N-dealkylation sites (N-methyl/N-ethyl adjacent to an activating group) is 1. The summed E-state index contributed by atoms with van der Waals surface area (Å²) in [5.41, 5.74) is 3.30. The predicted molar refractivity (Wildman–Crippen MR) is 95.9 cm³/mol. The summed E-state index contributed by atoms with van der Waals surface area (Å²) < 4.78 is 1.99. The molecule has 24 heavy (non-hydrogen) atoms. The van der Waals surface area contributed by atoms with Crippen molar-refractivity contribution in [3.63, 3.8) is 0 Å². The molecule has 0 bridgehead atoms. The number of benzene rings is 1. The van der Waals surface area contributed by atoms with Crippen molar-refractivity contribution in [1.82, 2.24) is 4.57 Å². The molecular formula is C18H23ClN3O2+. The number of rotatable bonds is 6. The third-order valence-corrected chi connectivity index (χ3v) is 4.48. The summed E-state index contributed by atoms with van der Waals surface area (Å²) in [6, 6.07) is 8.98. The van der Waals surface area contributed by atoms with Gasteiger partial charge in [0.25, 0.3) is 5.91 Å². The van der Waals surface area contributed by atoms with Crippen molar-refractivity contribution in [3.8, 4) is 0 Å². The van der Waals surface area contributed by atoms with Gasteiger partial charge in [0.15, 0.2) is 6.54 Å². The van der Waals surface area contributed by atoms with Gasteiger partial charge in [0.05, 0.1) is 17.8 Å². The van der Waals surface area contributed by atoms with Crippen molar-refractivity contribution in [2.24, 2.45) is 7.05 Å². The van der Waals surface area contributed by atoms with Crippen LogP contribution in [0.3, 0.4) is 0 Å². The number of hydrogen-bond acceptors (Lipinski definition) is 2. The van der Waals surface area contributed by atoms with Crippen LogP contribution in [-0.2, 0) is 11.8 Å². The highest BCUT2D eigenvalue weighted by atomic mass is 35.5. The van der Waals surface area contributed by atoms with Gasteiger partial charge in [-0.05, 0) is 32.0 Å². The van der Waals surface area contributed by atoms with Crippen molar-refractivity contribution in [2.75, 3.05) is 25.5 Å². The minimum Gasteiger partial charge on any atom is -0.351 e. The Morgan fingerprint density at radius 1 is 1.21 bits per heavy atom.